The van der Waals surface area contributed by atoms with Crippen molar-refractivity contribution in [2.24, 2.45) is 10.7 Å². The maximum atomic E-state index is 12.0. The molecule has 1 aliphatic rings. The number of halogens is 3. The van der Waals surface area contributed by atoms with Crippen LogP contribution in [0.4, 0.5) is 18.9 Å². The first kappa shape index (κ1) is 16.9. The molecule has 1 fully saturated rings. The Balaban J connectivity index is 1.85. The summed E-state index contributed by atoms with van der Waals surface area (Å²) in [6.07, 6.45) is -2.54. The Bertz CT molecular complexity index is 572. The van der Waals surface area contributed by atoms with Crippen molar-refractivity contribution < 1.29 is 22.7 Å². The van der Waals surface area contributed by atoms with Crippen LogP contribution in [0.1, 0.15) is 19.3 Å². The number of amides is 1. The second kappa shape index (κ2) is 7.21. The van der Waals surface area contributed by atoms with Gasteiger partial charge in [-0.3, -0.25) is 9.79 Å². The van der Waals surface area contributed by atoms with Gasteiger partial charge >= 0.3 is 6.36 Å². The van der Waals surface area contributed by atoms with E-state index in [4.69, 9.17) is 5.73 Å². The molecule has 4 N–H and O–H groups in total. The van der Waals surface area contributed by atoms with Crippen molar-refractivity contribution in [1.82, 2.24) is 5.32 Å². The lowest BCUT2D eigenvalue weighted by Crippen LogP contribution is -2.41. The lowest BCUT2D eigenvalue weighted by molar-refractivity contribution is -0.274. The smallest absolute Gasteiger partial charge is 0.406 e. The average molecular weight is 330 g/mol. The van der Waals surface area contributed by atoms with Crippen molar-refractivity contribution in [3.63, 3.8) is 0 Å². The van der Waals surface area contributed by atoms with Gasteiger partial charge in [-0.1, -0.05) is 0 Å². The number of nitrogens with zero attached hydrogens (tertiary/aromatic N) is 1. The Kier molecular flexibility index (Phi) is 5.30. The summed E-state index contributed by atoms with van der Waals surface area (Å²) < 4.78 is 39.9. The molecule has 1 amide bonds. The molecule has 1 aromatic carbocycles. The van der Waals surface area contributed by atoms with Gasteiger partial charge in [0, 0.05) is 18.2 Å². The number of piperidine rings is 1. The summed E-state index contributed by atoms with van der Waals surface area (Å²) in [6.45, 7) is 0.347. The first-order valence-corrected chi connectivity index (χ1v) is 7.04. The summed E-state index contributed by atoms with van der Waals surface area (Å²) >= 11 is 0. The highest BCUT2D eigenvalue weighted by atomic mass is 19.4. The van der Waals surface area contributed by atoms with Gasteiger partial charge in [0.05, 0.1) is 6.54 Å². The summed E-state index contributed by atoms with van der Waals surface area (Å²) in [5, 5.41) is 5.57. The van der Waals surface area contributed by atoms with Crippen molar-refractivity contribution in [1.29, 1.82) is 0 Å². The molecule has 6 nitrogen and oxygen atoms in total. The molecular formula is C14H17F3N4O2. The third-order valence-corrected chi connectivity index (χ3v) is 3.16. The molecule has 1 aliphatic heterocycles. The molecule has 9 heteroatoms. The summed E-state index contributed by atoms with van der Waals surface area (Å²) in [5.74, 6) is -0.193. The summed E-state index contributed by atoms with van der Waals surface area (Å²) in [7, 11) is 0. The monoisotopic (exact) mass is 330 g/mol. The average Bonchev–Trinajstić information content (AvgIpc) is 2.46. The zero-order chi connectivity index (χ0) is 16.9. The van der Waals surface area contributed by atoms with Crippen molar-refractivity contribution in [2.45, 2.75) is 31.7 Å². The van der Waals surface area contributed by atoms with Crippen molar-refractivity contribution in [3.05, 3.63) is 24.3 Å². The standard InChI is InChI=1S/C14H17F3N4O2/c15-14(16,17)23-11-6-4-9(5-7-11)21-13(18)19-8-10-2-1-3-12(22)20-10/h4-7,10H,1-3,8H2,(H,20,22)(H3,18,19,21). The number of aliphatic imine (C=N–C) groups is 1. The fourth-order valence-corrected chi connectivity index (χ4v) is 2.15. The van der Waals surface area contributed by atoms with E-state index in [1.54, 1.807) is 0 Å². The van der Waals surface area contributed by atoms with Gasteiger partial charge < -0.3 is 21.1 Å². The number of carbonyl (C=O) groups is 1. The summed E-state index contributed by atoms with van der Waals surface area (Å²) in [6, 6.07) is 5.09. The van der Waals surface area contributed by atoms with E-state index in [0.29, 0.717) is 18.7 Å². The minimum atomic E-state index is -4.72. The number of ether oxygens (including phenoxy) is 1. The lowest BCUT2D eigenvalue weighted by atomic mass is 10.0. The number of guanidine groups is 1. The van der Waals surface area contributed by atoms with Gasteiger partial charge in [-0.05, 0) is 37.1 Å². The zero-order valence-corrected chi connectivity index (χ0v) is 12.2. The van der Waals surface area contributed by atoms with E-state index in [1.165, 1.54) is 24.3 Å². The quantitative estimate of drug-likeness (QED) is 0.582. The Hall–Kier alpha value is -2.45. The van der Waals surface area contributed by atoms with Gasteiger partial charge in [0.15, 0.2) is 5.96 Å². The molecule has 0 radical (unpaired) electrons. The van der Waals surface area contributed by atoms with Crippen LogP contribution in [0.2, 0.25) is 0 Å². The van der Waals surface area contributed by atoms with Crippen LogP contribution in [-0.2, 0) is 4.79 Å². The molecule has 1 unspecified atom stereocenters. The van der Waals surface area contributed by atoms with Crippen LogP contribution in [0.25, 0.3) is 0 Å². The second-order valence-corrected chi connectivity index (χ2v) is 5.08. The molecule has 23 heavy (non-hydrogen) atoms. The Morgan fingerprint density at radius 2 is 2.09 bits per heavy atom. The molecule has 126 valence electrons. The number of nitrogens with one attached hydrogen (secondary N) is 2. The number of hydrogen-bond donors (Lipinski definition) is 3. The minimum Gasteiger partial charge on any atom is -0.406 e. The summed E-state index contributed by atoms with van der Waals surface area (Å²) in [4.78, 5) is 15.4. The van der Waals surface area contributed by atoms with Gasteiger partial charge in [-0.2, -0.15) is 0 Å². The van der Waals surface area contributed by atoms with Crippen LogP contribution in [0.5, 0.6) is 5.75 Å². The first-order chi connectivity index (χ1) is 10.8. The third-order valence-electron chi connectivity index (χ3n) is 3.16. The fraction of sp³-hybridized carbons (Fsp3) is 0.429. The minimum absolute atomic E-state index is 0.00299. The van der Waals surface area contributed by atoms with Crippen molar-refractivity contribution >= 4 is 17.6 Å². The molecule has 0 aromatic heterocycles. The SMILES string of the molecule is NC(=NCC1CCCC(=O)N1)Nc1ccc(OC(F)(F)F)cc1. The molecule has 1 aromatic rings. The van der Waals surface area contributed by atoms with Crippen LogP contribution in [-0.4, -0.2) is 30.8 Å². The molecule has 0 aliphatic carbocycles. The largest absolute Gasteiger partial charge is 0.573 e. The highest BCUT2D eigenvalue weighted by Gasteiger charge is 2.30. The van der Waals surface area contributed by atoms with Crippen molar-refractivity contribution in [3.8, 4) is 5.75 Å². The van der Waals surface area contributed by atoms with Gasteiger partial charge in [0.25, 0.3) is 0 Å². The molecular weight excluding hydrogens is 313 g/mol. The maximum absolute atomic E-state index is 12.0. The number of anilines is 1. The number of alkyl halides is 3. The Morgan fingerprint density at radius 3 is 2.70 bits per heavy atom. The number of benzene rings is 1. The highest BCUT2D eigenvalue weighted by molar-refractivity contribution is 5.92. The molecule has 0 bridgehead atoms. The Morgan fingerprint density at radius 1 is 1.39 bits per heavy atom. The van der Waals surface area contributed by atoms with Crippen molar-refractivity contribution in [2.75, 3.05) is 11.9 Å². The van der Waals surface area contributed by atoms with E-state index in [1.807, 2.05) is 0 Å². The zero-order valence-electron chi connectivity index (χ0n) is 12.2. The number of nitrogens with two attached hydrogens (primary N) is 1. The molecule has 0 saturated carbocycles. The van der Waals surface area contributed by atoms with Crippen LogP contribution >= 0.6 is 0 Å². The maximum Gasteiger partial charge on any atom is 0.573 e. The normalized spacial score (nSPS) is 19.2. The van der Waals surface area contributed by atoms with Crippen LogP contribution in [0, 0.1) is 0 Å². The molecule has 1 heterocycles. The molecule has 1 saturated heterocycles. The van der Waals surface area contributed by atoms with E-state index in [0.717, 1.165) is 12.8 Å². The summed E-state index contributed by atoms with van der Waals surface area (Å²) in [5.41, 5.74) is 6.19. The van der Waals surface area contributed by atoms with Crippen LogP contribution < -0.4 is 21.1 Å². The number of carbonyl (C=O) groups excluding carboxylic acids is 1. The predicted octanol–water partition coefficient (Wildman–Crippen LogP) is 1.98. The highest BCUT2D eigenvalue weighted by Crippen LogP contribution is 2.23. The van der Waals surface area contributed by atoms with Gasteiger partial charge in [0.1, 0.15) is 5.75 Å². The van der Waals surface area contributed by atoms with E-state index < -0.39 is 6.36 Å². The van der Waals surface area contributed by atoms with E-state index >= 15 is 0 Å². The second-order valence-electron chi connectivity index (χ2n) is 5.08. The van der Waals surface area contributed by atoms with Gasteiger partial charge in [-0.15, -0.1) is 13.2 Å². The van der Waals surface area contributed by atoms with E-state index in [2.05, 4.69) is 20.4 Å². The third kappa shape index (κ3) is 6.05. The van der Waals surface area contributed by atoms with E-state index in [-0.39, 0.29) is 23.7 Å². The fourth-order valence-electron chi connectivity index (χ4n) is 2.15. The predicted molar refractivity (Wildman–Crippen MR) is 79.0 cm³/mol. The van der Waals surface area contributed by atoms with Gasteiger partial charge in [0.2, 0.25) is 5.91 Å². The van der Waals surface area contributed by atoms with Gasteiger partial charge in [-0.25, -0.2) is 0 Å². The first-order valence-electron chi connectivity index (χ1n) is 7.04. The number of rotatable bonds is 4. The Labute approximate surface area is 130 Å². The van der Waals surface area contributed by atoms with Crippen LogP contribution in [0.15, 0.2) is 29.3 Å². The molecule has 1 atom stereocenters. The molecule has 2 rings (SSSR count). The van der Waals surface area contributed by atoms with E-state index in [9.17, 15) is 18.0 Å². The van der Waals surface area contributed by atoms with Crippen LogP contribution in [0.3, 0.4) is 0 Å². The topological polar surface area (TPSA) is 88.7 Å². The number of hydrogen-bond acceptors (Lipinski definition) is 3. The molecule has 0 spiro atoms. The lowest BCUT2D eigenvalue weighted by Gasteiger charge is -2.21.